The molecule has 0 aliphatic heterocycles. The van der Waals surface area contributed by atoms with Gasteiger partial charge in [0.2, 0.25) is 0 Å². The van der Waals surface area contributed by atoms with Crippen LogP contribution in [0, 0.1) is 6.92 Å². The predicted molar refractivity (Wildman–Crippen MR) is 82.3 cm³/mol. The molecule has 0 saturated carbocycles. The maximum absolute atomic E-state index is 12.9. The summed E-state index contributed by atoms with van der Waals surface area (Å²) in [6.07, 6.45) is 0. The van der Waals surface area contributed by atoms with E-state index in [9.17, 15) is 8.42 Å². The van der Waals surface area contributed by atoms with E-state index in [1.807, 2.05) is 18.2 Å². The van der Waals surface area contributed by atoms with E-state index in [4.69, 9.17) is 4.74 Å². The first-order chi connectivity index (χ1) is 10.0. The average Bonchev–Trinajstić information content (AvgIpc) is 2.83. The molecule has 108 valence electrons. The zero-order valence-electron chi connectivity index (χ0n) is 11.8. The summed E-state index contributed by atoms with van der Waals surface area (Å²) in [6, 6.07) is 15.7. The molecule has 0 spiro atoms. The van der Waals surface area contributed by atoms with Crippen molar-refractivity contribution in [3.63, 3.8) is 0 Å². The number of benzene rings is 2. The fraction of sp³-hybridized carbons (Fsp3) is 0.125. The van der Waals surface area contributed by atoms with Crippen molar-refractivity contribution in [2.24, 2.45) is 0 Å². The summed E-state index contributed by atoms with van der Waals surface area (Å²) >= 11 is 0. The fourth-order valence-corrected chi connectivity index (χ4v) is 4.00. The number of nitrogens with zero attached hydrogens (tertiary/aromatic N) is 1. The van der Waals surface area contributed by atoms with Gasteiger partial charge in [-0.1, -0.05) is 18.2 Å². The van der Waals surface area contributed by atoms with Crippen molar-refractivity contribution in [2.75, 3.05) is 7.11 Å². The Morgan fingerprint density at radius 2 is 1.71 bits per heavy atom. The SMILES string of the molecule is COc1ccc2cc(C)n(S(=O)(=O)c3ccccc3)c2c1. The van der Waals surface area contributed by atoms with Crippen molar-refractivity contribution < 1.29 is 13.2 Å². The number of aryl methyl sites for hydroxylation is 1. The molecule has 3 aromatic rings. The summed E-state index contributed by atoms with van der Waals surface area (Å²) in [6.45, 7) is 1.78. The molecule has 0 aliphatic rings. The van der Waals surface area contributed by atoms with Crippen LogP contribution in [0.25, 0.3) is 10.9 Å². The topological polar surface area (TPSA) is 48.3 Å². The van der Waals surface area contributed by atoms with Crippen molar-refractivity contribution in [2.45, 2.75) is 11.8 Å². The van der Waals surface area contributed by atoms with Gasteiger partial charge in [-0.25, -0.2) is 12.4 Å². The lowest BCUT2D eigenvalue weighted by Gasteiger charge is -2.10. The Morgan fingerprint density at radius 1 is 1.00 bits per heavy atom. The van der Waals surface area contributed by atoms with Crippen LogP contribution in [0.2, 0.25) is 0 Å². The number of fused-ring (bicyclic) bond motifs is 1. The minimum Gasteiger partial charge on any atom is -0.497 e. The number of rotatable bonds is 3. The Labute approximate surface area is 123 Å². The molecule has 0 unspecified atom stereocenters. The third kappa shape index (κ3) is 2.19. The van der Waals surface area contributed by atoms with E-state index in [1.54, 1.807) is 50.4 Å². The van der Waals surface area contributed by atoms with Crippen LogP contribution in [0.4, 0.5) is 0 Å². The molecule has 5 heteroatoms. The van der Waals surface area contributed by atoms with Gasteiger partial charge < -0.3 is 4.74 Å². The third-order valence-corrected chi connectivity index (χ3v) is 5.26. The van der Waals surface area contributed by atoms with Crippen LogP contribution < -0.4 is 4.74 Å². The number of hydrogen-bond donors (Lipinski definition) is 0. The summed E-state index contributed by atoms with van der Waals surface area (Å²) < 4.78 is 32.3. The summed E-state index contributed by atoms with van der Waals surface area (Å²) in [5, 5.41) is 0.868. The van der Waals surface area contributed by atoms with Gasteiger partial charge in [-0.15, -0.1) is 0 Å². The highest BCUT2D eigenvalue weighted by Gasteiger charge is 2.21. The second-order valence-corrected chi connectivity index (χ2v) is 6.58. The van der Waals surface area contributed by atoms with Crippen LogP contribution in [-0.2, 0) is 10.0 Å². The smallest absolute Gasteiger partial charge is 0.268 e. The summed E-state index contributed by atoms with van der Waals surface area (Å²) in [4.78, 5) is 0.272. The highest BCUT2D eigenvalue weighted by Crippen LogP contribution is 2.28. The standard InChI is InChI=1S/C16H15NO3S/c1-12-10-13-8-9-14(20-2)11-16(13)17(12)21(18,19)15-6-4-3-5-7-15/h3-11H,1-2H3. The van der Waals surface area contributed by atoms with Crippen LogP contribution in [0.5, 0.6) is 5.75 Å². The molecular weight excluding hydrogens is 286 g/mol. The lowest BCUT2D eigenvalue weighted by Crippen LogP contribution is -2.14. The Balaban J connectivity index is 2.32. The highest BCUT2D eigenvalue weighted by molar-refractivity contribution is 7.90. The van der Waals surface area contributed by atoms with Crippen molar-refractivity contribution in [1.29, 1.82) is 0 Å². The van der Waals surface area contributed by atoms with Gasteiger partial charge in [-0.2, -0.15) is 0 Å². The molecule has 4 nitrogen and oxygen atoms in total. The zero-order valence-corrected chi connectivity index (χ0v) is 12.6. The minimum absolute atomic E-state index is 0.272. The molecule has 0 bridgehead atoms. The molecule has 0 amide bonds. The summed E-state index contributed by atoms with van der Waals surface area (Å²) in [7, 11) is -2.05. The first-order valence-corrected chi connectivity index (χ1v) is 7.95. The Morgan fingerprint density at radius 3 is 2.38 bits per heavy atom. The van der Waals surface area contributed by atoms with Crippen molar-refractivity contribution in [1.82, 2.24) is 3.97 Å². The van der Waals surface area contributed by atoms with Crippen molar-refractivity contribution in [3.8, 4) is 5.75 Å². The normalized spacial score (nSPS) is 11.7. The van der Waals surface area contributed by atoms with Gasteiger partial charge in [-0.3, -0.25) is 0 Å². The molecule has 1 heterocycles. The number of hydrogen-bond acceptors (Lipinski definition) is 3. The Bertz CT molecular complexity index is 896. The Hall–Kier alpha value is -2.27. The molecule has 0 saturated heterocycles. The van der Waals surface area contributed by atoms with Gasteiger partial charge in [0, 0.05) is 17.1 Å². The van der Waals surface area contributed by atoms with E-state index < -0.39 is 10.0 Å². The summed E-state index contributed by atoms with van der Waals surface area (Å²) in [5.41, 5.74) is 1.29. The molecule has 21 heavy (non-hydrogen) atoms. The Kier molecular flexibility index (Phi) is 3.22. The third-order valence-electron chi connectivity index (χ3n) is 3.42. The minimum atomic E-state index is -3.62. The quantitative estimate of drug-likeness (QED) is 0.746. The second-order valence-electron chi connectivity index (χ2n) is 4.79. The lowest BCUT2D eigenvalue weighted by molar-refractivity contribution is 0.415. The van der Waals surface area contributed by atoms with Crippen molar-refractivity contribution in [3.05, 3.63) is 60.3 Å². The molecule has 0 radical (unpaired) electrons. The van der Waals surface area contributed by atoms with E-state index >= 15 is 0 Å². The van der Waals surface area contributed by atoms with Crippen molar-refractivity contribution >= 4 is 20.9 Å². The van der Waals surface area contributed by atoms with Gasteiger partial charge in [0.15, 0.2) is 0 Å². The molecule has 3 rings (SSSR count). The molecule has 0 aliphatic carbocycles. The molecule has 2 aromatic carbocycles. The van der Waals surface area contributed by atoms with E-state index in [0.717, 1.165) is 5.39 Å². The molecular formula is C16H15NO3S. The lowest BCUT2D eigenvalue weighted by atomic mass is 10.2. The molecule has 0 N–H and O–H groups in total. The van der Waals surface area contributed by atoms with Crippen LogP contribution in [-0.4, -0.2) is 19.5 Å². The van der Waals surface area contributed by atoms with E-state index in [2.05, 4.69) is 0 Å². The van der Waals surface area contributed by atoms with Crippen LogP contribution >= 0.6 is 0 Å². The number of ether oxygens (including phenoxy) is 1. The van der Waals surface area contributed by atoms with Crippen LogP contribution in [0.1, 0.15) is 5.69 Å². The van der Waals surface area contributed by atoms with E-state index in [1.165, 1.54) is 3.97 Å². The second kappa shape index (κ2) is 4.93. The largest absolute Gasteiger partial charge is 0.497 e. The molecule has 0 fully saturated rings. The zero-order chi connectivity index (χ0) is 15.0. The van der Waals surface area contributed by atoms with Gasteiger partial charge in [0.05, 0.1) is 17.5 Å². The fourth-order valence-electron chi connectivity index (χ4n) is 2.44. The van der Waals surface area contributed by atoms with Crippen LogP contribution in [0.15, 0.2) is 59.5 Å². The van der Waals surface area contributed by atoms with E-state index in [-0.39, 0.29) is 4.90 Å². The maximum Gasteiger partial charge on any atom is 0.268 e. The molecule has 1 aromatic heterocycles. The predicted octanol–water partition coefficient (Wildman–Crippen LogP) is 3.20. The first-order valence-electron chi connectivity index (χ1n) is 6.51. The first kappa shape index (κ1) is 13.7. The van der Waals surface area contributed by atoms with Gasteiger partial charge in [0.25, 0.3) is 10.0 Å². The van der Waals surface area contributed by atoms with Gasteiger partial charge in [-0.05, 0) is 37.3 Å². The van der Waals surface area contributed by atoms with Crippen LogP contribution in [0.3, 0.4) is 0 Å². The van der Waals surface area contributed by atoms with Gasteiger partial charge >= 0.3 is 0 Å². The maximum atomic E-state index is 12.9. The van der Waals surface area contributed by atoms with Gasteiger partial charge in [0.1, 0.15) is 5.75 Å². The van der Waals surface area contributed by atoms with E-state index in [0.29, 0.717) is 17.0 Å². The monoisotopic (exact) mass is 301 g/mol. The number of aromatic nitrogens is 1. The average molecular weight is 301 g/mol. The number of methoxy groups -OCH3 is 1. The molecule has 0 atom stereocenters. The highest BCUT2D eigenvalue weighted by atomic mass is 32.2. The summed E-state index contributed by atoms with van der Waals surface area (Å²) in [5.74, 6) is 0.630.